The zero-order valence-electron chi connectivity index (χ0n) is 9.36. The van der Waals surface area contributed by atoms with E-state index in [2.05, 4.69) is 0 Å². The third-order valence-corrected chi connectivity index (χ3v) is 3.02. The topological polar surface area (TPSA) is 61.3 Å². The summed E-state index contributed by atoms with van der Waals surface area (Å²) >= 11 is 6.15. The highest BCUT2D eigenvalue weighted by Crippen LogP contribution is 2.41. The number of anilines is 2. The molecule has 0 spiro atoms. The Balaban J connectivity index is 3.59. The van der Waals surface area contributed by atoms with E-state index < -0.39 is 0 Å². The average Bonchev–Trinajstić information content (AvgIpc) is 2.25. The van der Waals surface area contributed by atoms with Crippen LogP contribution in [0.3, 0.4) is 0 Å². The Hall–Kier alpha value is -1.09. The van der Waals surface area contributed by atoms with Crippen molar-refractivity contribution in [3.05, 3.63) is 16.1 Å². The Morgan fingerprint density at radius 1 is 1.07 bits per heavy atom. The van der Waals surface area contributed by atoms with Crippen molar-refractivity contribution in [2.24, 2.45) is 0 Å². The maximum atomic E-state index is 6.15. The zero-order chi connectivity index (χ0) is 11.6. The maximum Gasteiger partial charge on any atom is 0.147 e. The SMILES string of the molecule is CCc1c(Cl)c(N)c(N)c(OC)c1CC. The van der Waals surface area contributed by atoms with Crippen LogP contribution >= 0.6 is 11.6 Å². The fourth-order valence-corrected chi connectivity index (χ4v) is 2.16. The second kappa shape index (κ2) is 4.62. The van der Waals surface area contributed by atoms with E-state index in [0.29, 0.717) is 22.1 Å². The molecule has 0 radical (unpaired) electrons. The lowest BCUT2D eigenvalue weighted by Gasteiger charge is -2.18. The van der Waals surface area contributed by atoms with Gasteiger partial charge in [-0.1, -0.05) is 25.4 Å². The van der Waals surface area contributed by atoms with Gasteiger partial charge in [-0.2, -0.15) is 0 Å². The summed E-state index contributed by atoms with van der Waals surface area (Å²) in [5.41, 5.74) is 14.6. The third-order valence-electron chi connectivity index (χ3n) is 2.59. The molecule has 1 aromatic carbocycles. The molecule has 0 aliphatic carbocycles. The van der Waals surface area contributed by atoms with Crippen molar-refractivity contribution in [1.82, 2.24) is 0 Å². The number of hydrogen-bond donors (Lipinski definition) is 2. The Kier molecular flexibility index (Phi) is 3.69. The van der Waals surface area contributed by atoms with Crippen LogP contribution in [0.1, 0.15) is 25.0 Å². The number of ether oxygens (including phenoxy) is 1. The molecule has 0 atom stereocenters. The highest BCUT2D eigenvalue weighted by Gasteiger charge is 2.18. The predicted molar refractivity (Wildman–Crippen MR) is 65.6 cm³/mol. The van der Waals surface area contributed by atoms with Gasteiger partial charge in [0, 0.05) is 5.56 Å². The van der Waals surface area contributed by atoms with Crippen molar-refractivity contribution in [2.75, 3.05) is 18.6 Å². The number of hydrogen-bond acceptors (Lipinski definition) is 3. The number of halogens is 1. The number of nitrogen functional groups attached to an aromatic ring is 2. The minimum Gasteiger partial charge on any atom is -0.494 e. The fraction of sp³-hybridized carbons (Fsp3) is 0.455. The maximum absolute atomic E-state index is 6.15. The first-order chi connectivity index (χ1) is 7.08. The van der Waals surface area contributed by atoms with Gasteiger partial charge < -0.3 is 16.2 Å². The standard InChI is InChI=1S/C11H17ClN2O/c1-4-6-7(5-2)11(15-3)10(14)9(13)8(6)12/h4-5,13-14H2,1-3H3. The van der Waals surface area contributed by atoms with Crippen molar-refractivity contribution in [3.8, 4) is 5.75 Å². The van der Waals surface area contributed by atoms with Crippen molar-refractivity contribution >= 4 is 23.0 Å². The molecule has 0 bridgehead atoms. The van der Waals surface area contributed by atoms with Gasteiger partial charge in [0.2, 0.25) is 0 Å². The highest BCUT2D eigenvalue weighted by molar-refractivity contribution is 6.34. The van der Waals surface area contributed by atoms with Crippen LogP contribution in [-0.4, -0.2) is 7.11 Å². The van der Waals surface area contributed by atoms with Crippen molar-refractivity contribution in [3.63, 3.8) is 0 Å². The molecule has 0 fully saturated rings. The van der Waals surface area contributed by atoms with Gasteiger partial charge in [0.15, 0.2) is 0 Å². The van der Waals surface area contributed by atoms with Crippen LogP contribution in [-0.2, 0) is 12.8 Å². The van der Waals surface area contributed by atoms with E-state index in [9.17, 15) is 0 Å². The first kappa shape index (κ1) is 12.0. The molecule has 0 amide bonds. The van der Waals surface area contributed by atoms with Gasteiger partial charge in [-0.3, -0.25) is 0 Å². The fourth-order valence-electron chi connectivity index (χ4n) is 1.81. The van der Waals surface area contributed by atoms with Gasteiger partial charge in [0.05, 0.1) is 23.5 Å². The van der Waals surface area contributed by atoms with Crippen molar-refractivity contribution in [1.29, 1.82) is 0 Å². The monoisotopic (exact) mass is 228 g/mol. The molecule has 1 rings (SSSR count). The minimum atomic E-state index is 0.419. The van der Waals surface area contributed by atoms with Crippen LogP contribution in [0.5, 0.6) is 5.75 Å². The zero-order valence-corrected chi connectivity index (χ0v) is 10.1. The summed E-state index contributed by atoms with van der Waals surface area (Å²) in [7, 11) is 1.59. The normalized spacial score (nSPS) is 10.4. The smallest absolute Gasteiger partial charge is 0.147 e. The summed E-state index contributed by atoms with van der Waals surface area (Å²) in [6.45, 7) is 4.08. The largest absolute Gasteiger partial charge is 0.494 e. The molecule has 0 aromatic heterocycles. The molecule has 0 unspecified atom stereocenters. The molecule has 0 saturated carbocycles. The molecule has 15 heavy (non-hydrogen) atoms. The van der Waals surface area contributed by atoms with E-state index in [-0.39, 0.29) is 0 Å². The van der Waals surface area contributed by atoms with Crippen molar-refractivity contribution < 1.29 is 4.74 Å². The lowest BCUT2D eigenvalue weighted by atomic mass is 9.99. The second-order valence-corrected chi connectivity index (χ2v) is 3.72. The van der Waals surface area contributed by atoms with Crippen LogP contribution in [0, 0.1) is 0 Å². The van der Waals surface area contributed by atoms with Gasteiger partial charge in [-0.25, -0.2) is 0 Å². The van der Waals surface area contributed by atoms with Gasteiger partial charge in [0.1, 0.15) is 5.75 Å². The summed E-state index contributed by atoms with van der Waals surface area (Å²) in [4.78, 5) is 0. The molecule has 4 N–H and O–H groups in total. The third kappa shape index (κ3) is 1.84. The Labute approximate surface area is 95.4 Å². The van der Waals surface area contributed by atoms with Crippen LogP contribution < -0.4 is 16.2 Å². The van der Waals surface area contributed by atoms with Gasteiger partial charge in [-0.15, -0.1) is 0 Å². The lowest BCUT2D eigenvalue weighted by Crippen LogP contribution is -2.06. The molecule has 1 aromatic rings. The number of nitrogens with two attached hydrogens (primary N) is 2. The van der Waals surface area contributed by atoms with Gasteiger partial charge in [-0.05, 0) is 18.4 Å². The van der Waals surface area contributed by atoms with E-state index in [1.165, 1.54) is 0 Å². The van der Waals surface area contributed by atoms with Crippen LogP contribution in [0.25, 0.3) is 0 Å². The first-order valence-electron chi connectivity index (χ1n) is 5.00. The van der Waals surface area contributed by atoms with Crippen LogP contribution in [0.4, 0.5) is 11.4 Å². The van der Waals surface area contributed by atoms with E-state index in [4.69, 9.17) is 27.8 Å². The molecule has 3 nitrogen and oxygen atoms in total. The van der Waals surface area contributed by atoms with Crippen LogP contribution in [0.2, 0.25) is 5.02 Å². The first-order valence-corrected chi connectivity index (χ1v) is 5.38. The number of rotatable bonds is 3. The molecule has 0 aliphatic heterocycles. The molecule has 0 aliphatic rings. The summed E-state index contributed by atoms with van der Waals surface area (Å²) in [6, 6.07) is 0. The second-order valence-electron chi connectivity index (χ2n) is 3.34. The molecule has 84 valence electrons. The number of methoxy groups -OCH3 is 1. The Bertz CT molecular complexity index is 346. The van der Waals surface area contributed by atoms with E-state index in [1.54, 1.807) is 7.11 Å². The molecular formula is C11H17ClN2O. The quantitative estimate of drug-likeness (QED) is 0.782. The van der Waals surface area contributed by atoms with Gasteiger partial charge >= 0.3 is 0 Å². The molecular weight excluding hydrogens is 212 g/mol. The van der Waals surface area contributed by atoms with Crippen molar-refractivity contribution in [2.45, 2.75) is 26.7 Å². The minimum absolute atomic E-state index is 0.419. The Morgan fingerprint density at radius 3 is 2.00 bits per heavy atom. The highest BCUT2D eigenvalue weighted by atomic mass is 35.5. The number of benzene rings is 1. The molecule has 0 saturated heterocycles. The summed E-state index contributed by atoms with van der Waals surface area (Å²) < 4.78 is 5.28. The van der Waals surface area contributed by atoms with E-state index >= 15 is 0 Å². The summed E-state index contributed by atoms with van der Waals surface area (Å²) in [5, 5.41) is 0.563. The average molecular weight is 229 g/mol. The summed E-state index contributed by atoms with van der Waals surface area (Å²) in [6.07, 6.45) is 1.65. The van der Waals surface area contributed by atoms with E-state index in [1.807, 2.05) is 13.8 Å². The molecule has 4 heteroatoms. The molecule has 0 heterocycles. The Morgan fingerprint density at radius 2 is 1.60 bits per heavy atom. The summed E-state index contributed by atoms with van der Waals surface area (Å²) in [5.74, 6) is 0.663. The van der Waals surface area contributed by atoms with Crippen LogP contribution in [0.15, 0.2) is 0 Å². The van der Waals surface area contributed by atoms with Gasteiger partial charge in [0.25, 0.3) is 0 Å². The predicted octanol–water partition coefficient (Wildman–Crippen LogP) is 2.64. The van der Waals surface area contributed by atoms with E-state index in [0.717, 1.165) is 24.0 Å². The lowest BCUT2D eigenvalue weighted by molar-refractivity contribution is 0.412.